The van der Waals surface area contributed by atoms with Crippen LogP contribution >= 0.6 is 0 Å². The van der Waals surface area contributed by atoms with Crippen LogP contribution in [-0.2, 0) is 11.3 Å². The quantitative estimate of drug-likeness (QED) is 0.836. The van der Waals surface area contributed by atoms with Crippen LogP contribution in [0.1, 0.15) is 24.2 Å². The maximum absolute atomic E-state index is 5.70. The number of ether oxygens (including phenoxy) is 2. The van der Waals surface area contributed by atoms with Crippen LogP contribution in [0.5, 0.6) is 5.75 Å². The van der Waals surface area contributed by atoms with Crippen molar-refractivity contribution in [2.24, 2.45) is 5.73 Å². The molecule has 0 radical (unpaired) electrons. The number of pyridine rings is 1. The van der Waals surface area contributed by atoms with E-state index in [4.69, 9.17) is 15.2 Å². The Labute approximate surface area is 95.8 Å². The smallest absolute Gasteiger partial charge is 0.142 e. The summed E-state index contributed by atoms with van der Waals surface area (Å²) < 4.78 is 11.2. The third kappa shape index (κ3) is 2.71. The molecule has 88 valence electrons. The van der Waals surface area contributed by atoms with E-state index < -0.39 is 0 Å². The first-order valence-corrected chi connectivity index (χ1v) is 5.70. The highest BCUT2D eigenvalue weighted by molar-refractivity contribution is 5.29. The van der Waals surface area contributed by atoms with Crippen molar-refractivity contribution in [1.82, 2.24) is 4.98 Å². The molecule has 1 aromatic rings. The van der Waals surface area contributed by atoms with Crippen LogP contribution in [0.4, 0.5) is 0 Å². The Balaban J connectivity index is 1.97. The van der Waals surface area contributed by atoms with Crippen molar-refractivity contribution in [2.75, 3.05) is 13.2 Å². The number of nitrogens with zero attached hydrogens (tertiary/aromatic N) is 1. The number of nitrogens with two attached hydrogens (primary N) is 1. The van der Waals surface area contributed by atoms with Crippen LogP contribution in [0.2, 0.25) is 0 Å². The number of hydrogen-bond donors (Lipinski definition) is 1. The first-order valence-electron chi connectivity index (χ1n) is 5.70. The third-order valence-electron chi connectivity index (χ3n) is 2.71. The van der Waals surface area contributed by atoms with Crippen LogP contribution in [0.15, 0.2) is 12.1 Å². The molecule has 2 rings (SSSR count). The van der Waals surface area contributed by atoms with Crippen LogP contribution in [0.3, 0.4) is 0 Å². The normalized spacial score (nSPS) is 20.0. The molecule has 4 nitrogen and oxygen atoms in total. The number of aromatic nitrogens is 1. The minimum Gasteiger partial charge on any atom is -0.489 e. The van der Waals surface area contributed by atoms with Gasteiger partial charge in [0.05, 0.1) is 11.8 Å². The summed E-state index contributed by atoms with van der Waals surface area (Å²) in [6.07, 6.45) is 2.44. The Morgan fingerprint density at radius 3 is 3.12 bits per heavy atom. The second-order valence-electron chi connectivity index (χ2n) is 4.05. The molecule has 0 spiro atoms. The summed E-state index contributed by atoms with van der Waals surface area (Å²) in [5, 5.41) is 0. The molecule has 1 aliphatic heterocycles. The van der Waals surface area contributed by atoms with Gasteiger partial charge in [0, 0.05) is 18.8 Å². The van der Waals surface area contributed by atoms with Gasteiger partial charge in [-0.3, -0.25) is 4.98 Å². The number of aryl methyl sites for hydroxylation is 1. The van der Waals surface area contributed by atoms with Gasteiger partial charge in [0.2, 0.25) is 0 Å². The summed E-state index contributed by atoms with van der Waals surface area (Å²) in [5.41, 5.74) is 7.41. The Bertz CT molecular complexity index is 349. The molecule has 1 fully saturated rings. The highest BCUT2D eigenvalue weighted by Crippen LogP contribution is 2.19. The fourth-order valence-corrected chi connectivity index (χ4v) is 1.83. The van der Waals surface area contributed by atoms with Crippen molar-refractivity contribution in [3.63, 3.8) is 0 Å². The zero-order valence-electron chi connectivity index (χ0n) is 9.61. The van der Waals surface area contributed by atoms with Gasteiger partial charge in [-0.25, -0.2) is 0 Å². The summed E-state index contributed by atoms with van der Waals surface area (Å²) in [6, 6.07) is 3.86. The van der Waals surface area contributed by atoms with Gasteiger partial charge in [-0.05, 0) is 31.9 Å². The lowest BCUT2D eigenvalue weighted by molar-refractivity contribution is 0.0674. The van der Waals surface area contributed by atoms with E-state index >= 15 is 0 Å². The van der Waals surface area contributed by atoms with Crippen molar-refractivity contribution in [3.8, 4) is 5.75 Å². The van der Waals surface area contributed by atoms with E-state index in [1.807, 2.05) is 19.1 Å². The average molecular weight is 222 g/mol. The van der Waals surface area contributed by atoms with Crippen LogP contribution in [0.25, 0.3) is 0 Å². The third-order valence-corrected chi connectivity index (χ3v) is 2.71. The van der Waals surface area contributed by atoms with Gasteiger partial charge in [0.1, 0.15) is 12.4 Å². The van der Waals surface area contributed by atoms with Crippen molar-refractivity contribution < 1.29 is 9.47 Å². The highest BCUT2D eigenvalue weighted by atomic mass is 16.5. The summed E-state index contributed by atoms with van der Waals surface area (Å²) in [4.78, 5) is 4.35. The minimum absolute atomic E-state index is 0.229. The molecule has 2 heterocycles. The van der Waals surface area contributed by atoms with Crippen LogP contribution in [0, 0.1) is 6.92 Å². The van der Waals surface area contributed by atoms with E-state index in [1.165, 1.54) is 0 Å². The number of hydrogen-bond acceptors (Lipinski definition) is 4. The Kier molecular flexibility index (Phi) is 3.74. The molecule has 1 aliphatic rings. The molecule has 4 heteroatoms. The van der Waals surface area contributed by atoms with E-state index in [1.54, 1.807) is 0 Å². The maximum Gasteiger partial charge on any atom is 0.142 e. The van der Waals surface area contributed by atoms with E-state index in [0.29, 0.717) is 13.2 Å². The molecule has 0 aliphatic carbocycles. The van der Waals surface area contributed by atoms with E-state index in [9.17, 15) is 0 Å². The summed E-state index contributed by atoms with van der Waals surface area (Å²) in [5.74, 6) is 0.781. The van der Waals surface area contributed by atoms with Gasteiger partial charge < -0.3 is 15.2 Å². The molecule has 0 saturated carbocycles. The van der Waals surface area contributed by atoms with Crippen LogP contribution in [-0.4, -0.2) is 24.3 Å². The standard InChI is InChI=1S/C12H18N2O2/c1-9-4-5-12(11(7-13)14-9)16-8-10-3-2-6-15-10/h4-5,10H,2-3,6-8,13H2,1H3. The van der Waals surface area contributed by atoms with Crippen molar-refractivity contribution in [3.05, 3.63) is 23.5 Å². The van der Waals surface area contributed by atoms with Crippen LogP contribution < -0.4 is 10.5 Å². The Morgan fingerprint density at radius 1 is 1.56 bits per heavy atom. The van der Waals surface area contributed by atoms with Gasteiger partial charge in [-0.1, -0.05) is 0 Å². The van der Waals surface area contributed by atoms with Crippen molar-refractivity contribution in [2.45, 2.75) is 32.4 Å². The summed E-state index contributed by atoms with van der Waals surface area (Å²) in [7, 11) is 0. The topological polar surface area (TPSA) is 57.4 Å². The predicted octanol–water partition coefficient (Wildman–Crippen LogP) is 1.41. The largest absolute Gasteiger partial charge is 0.489 e. The molecule has 1 unspecified atom stereocenters. The lowest BCUT2D eigenvalue weighted by Crippen LogP contribution is -2.17. The van der Waals surface area contributed by atoms with E-state index in [-0.39, 0.29) is 6.10 Å². The molecule has 2 N–H and O–H groups in total. The molecule has 0 aromatic carbocycles. The monoisotopic (exact) mass is 222 g/mol. The second-order valence-corrected chi connectivity index (χ2v) is 4.05. The maximum atomic E-state index is 5.70. The van der Waals surface area contributed by atoms with E-state index in [2.05, 4.69) is 4.98 Å². The highest BCUT2D eigenvalue weighted by Gasteiger charge is 2.16. The Morgan fingerprint density at radius 2 is 2.44 bits per heavy atom. The van der Waals surface area contributed by atoms with Gasteiger partial charge >= 0.3 is 0 Å². The molecule has 0 bridgehead atoms. The molecular formula is C12H18N2O2. The first kappa shape index (κ1) is 11.4. The molecule has 0 amide bonds. The summed E-state index contributed by atoms with van der Waals surface area (Å²) >= 11 is 0. The summed E-state index contributed by atoms with van der Waals surface area (Å²) in [6.45, 7) is 3.80. The molecule has 16 heavy (non-hydrogen) atoms. The fraction of sp³-hybridized carbons (Fsp3) is 0.583. The van der Waals surface area contributed by atoms with Gasteiger partial charge in [0.15, 0.2) is 0 Å². The minimum atomic E-state index is 0.229. The predicted molar refractivity (Wildman–Crippen MR) is 61.3 cm³/mol. The number of rotatable bonds is 4. The molecule has 1 saturated heterocycles. The Hall–Kier alpha value is -1.13. The van der Waals surface area contributed by atoms with Gasteiger partial charge in [-0.2, -0.15) is 0 Å². The van der Waals surface area contributed by atoms with E-state index in [0.717, 1.165) is 36.6 Å². The zero-order valence-corrected chi connectivity index (χ0v) is 9.61. The zero-order chi connectivity index (χ0) is 11.4. The van der Waals surface area contributed by atoms with Gasteiger partial charge in [0.25, 0.3) is 0 Å². The molecular weight excluding hydrogens is 204 g/mol. The lowest BCUT2D eigenvalue weighted by Gasteiger charge is -2.13. The first-order chi connectivity index (χ1) is 7.79. The second kappa shape index (κ2) is 5.27. The van der Waals surface area contributed by atoms with Crippen molar-refractivity contribution in [1.29, 1.82) is 0 Å². The average Bonchev–Trinajstić information content (AvgIpc) is 2.80. The fourth-order valence-electron chi connectivity index (χ4n) is 1.83. The SMILES string of the molecule is Cc1ccc(OCC2CCCO2)c(CN)n1. The molecule has 1 atom stereocenters. The molecule has 1 aromatic heterocycles. The lowest BCUT2D eigenvalue weighted by atomic mass is 10.2. The van der Waals surface area contributed by atoms with Gasteiger partial charge in [-0.15, -0.1) is 0 Å². The van der Waals surface area contributed by atoms with Crippen molar-refractivity contribution >= 4 is 0 Å².